The number of aromatic nitrogens is 3. The fourth-order valence-corrected chi connectivity index (χ4v) is 2.78. The van der Waals surface area contributed by atoms with Crippen LogP contribution in [-0.2, 0) is 13.1 Å². The molecule has 0 aliphatic heterocycles. The number of anilines is 1. The van der Waals surface area contributed by atoms with Gasteiger partial charge in [-0.3, -0.25) is 4.79 Å². The van der Waals surface area contributed by atoms with Crippen molar-refractivity contribution in [3.8, 4) is 0 Å². The van der Waals surface area contributed by atoms with Gasteiger partial charge in [-0.05, 0) is 36.9 Å². The van der Waals surface area contributed by atoms with E-state index in [1.165, 1.54) is 4.68 Å². The molecule has 2 heterocycles. The van der Waals surface area contributed by atoms with Gasteiger partial charge in [-0.1, -0.05) is 0 Å². The molecule has 0 unspecified atom stereocenters. The predicted octanol–water partition coefficient (Wildman–Crippen LogP) is 1.94. The third kappa shape index (κ3) is 4.36. The molecule has 21 heavy (non-hydrogen) atoms. The summed E-state index contributed by atoms with van der Waals surface area (Å²) in [5.74, 6) is 0. The molecule has 0 fully saturated rings. The Kier molecular flexibility index (Phi) is 5.49. The Labute approximate surface area is 135 Å². The Balaban J connectivity index is 2.07. The molecule has 0 aliphatic carbocycles. The van der Waals surface area contributed by atoms with Gasteiger partial charge in [0.25, 0.3) is 5.56 Å². The molecular weight excluding hydrogens is 354 g/mol. The molecule has 0 aromatic carbocycles. The van der Waals surface area contributed by atoms with Crippen molar-refractivity contribution in [3.05, 3.63) is 37.1 Å². The zero-order chi connectivity index (χ0) is 15.4. The standard InChI is InChI=1S/C13H18BrN5OS/c1-9-17-10(8-21-9)6-15-11-7-16-19(5-4-18(2)3)13(20)12(11)14/h7-8,15H,4-6H2,1-3H3. The van der Waals surface area contributed by atoms with Crippen LogP contribution in [0.25, 0.3) is 0 Å². The maximum absolute atomic E-state index is 12.2. The van der Waals surface area contributed by atoms with Crippen LogP contribution in [0.3, 0.4) is 0 Å². The highest BCUT2D eigenvalue weighted by Crippen LogP contribution is 2.17. The van der Waals surface area contributed by atoms with E-state index in [2.05, 4.69) is 31.3 Å². The van der Waals surface area contributed by atoms with Crippen molar-refractivity contribution in [2.45, 2.75) is 20.0 Å². The monoisotopic (exact) mass is 371 g/mol. The van der Waals surface area contributed by atoms with Crippen LogP contribution in [-0.4, -0.2) is 40.3 Å². The van der Waals surface area contributed by atoms with Crippen molar-refractivity contribution >= 4 is 33.0 Å². The molecule has 0 bridgehead atoms. The number of thiazole rings is 1. The lowest BCUT2D eigenvalue weighted by molar-refractivity contribution is 0.367. The molecule has 6 nitrogen and oxygen atoms in total. The minimum Gasteiger partial charge on any atom is -0.377 e. The van der Waals surface area contributed by atoms with Gasteiger partial charge in [0.05, 0.1) is 35.7 Å². The number of rotatable bonds is 6. The first-order chi connectivity index (χ1) is 9.97. The van der Waals surface area contributed by atoms with E-state index >= 15 is 0 Å². The molecule has 114 valence electrons. The van der Waals surface area contributed by atoms with Gasteiger partial charge in [0.15, 0.2) is 0 Å². The summed E-state index contributed by atoms with van der Waals surface area (Å²) < 4.78 is 1.96. The van der Waals surface area contributed by atoms with Crippen molar-refractivity contribution in [2.75, 3.05) is 26.0 Å². The van der Waals surface area contributed by atoms with E-state index in [1.54, 1.807) is 17.5 Å². The van der Waals surface area contributed by atoms with Crippen LogP contribution >= 0.6 is 27.3 Å². The number of hydrogen-bond acceptors (Lipinski definition) is 6. The first kappa shape index (κ1) is 16.1. The molecule has 0 saturated heterocycles. The summed E-state index contributed by atoms with van der Waals surface area (Å²) in [6, 6.07) is 0. The summed E-state index contributed by atoms with van der Waals surface area (Å²) in [7, 11) is 3.93. The molecule has 8 heteroatoms. The largest absolute Gasteiger partial charge is 0.377 e. The normalized spacial score (nSPS) is 11.1. The van der Waals surface area contributed by atoms with Crippen molar-refractivity contribution in [2.24, 2.45) is 0 Å². The van der Waals surface area contributed by atoms with Gasteiger partial charge in [-0.2, -0.15) is 5.10 Å². The molecule has 0 amide bonds. The molecule has 0 spiro atoms. The van der Waals surface area contributed by atoms with Gasteiger partial charge in [0.1, 0.15) is 4.47 Å². The highest BCUT2D eigenvalue weighted by Gasteiger charge is 2.09. The van der Waals surface area contributed by atoms with Crippen molar-refractivity contribution in [1.82, 2.24) is 19.7 Å². The summed E-state index contributed by atoms with van der Waals surface area (Å²) in [5.41, 5.74) is 1.52. The average Bonchev–Trinajstić information content (AvgIpc) is 2.85. The highest BCUT2D eigenvalue weighted by atomic mass is 79.9. The van der Waals surface area contributed by atoms with Crippen molar-refractivity contribution < 1.29 is 0 Å². The van der Waals surface area contributed by atoms with Crippen molar-refractivity contribution in [1.29, 1.82) is 0 Å². The SMILES string of the molecule is Cc1nc(CNc2cnn(CCN(C)C)c(=O)c2Br)cs1. The summed E-state index contributed by atoms with van der Waals surface area (Å²) in [6.45, 7) is 3.88. The van der Waals surface area contributed by atoms with Gasteiger partial charge in [-0.15, -0.1) is 11.3 Å². The zero-order valence-corrected chi connectivity index (χ0v) is 14.7. The topological polar surface area (TPSA) is 63.1 Å². The molecule has 0 radical (unpaired) electrons. The number of halogens is 1. The first-order valence-electron chi connectivity index (χ1n) is 6.52. The molecule has 0 saturated carbocycles. The minimum atomic E-state index is -0.128. The van der Waals surface area contributed by atoms with E-state index in [0.29, 0.717) is 23.2 Å². The van der Waals surface area contributed by atoms with Gasteiger partial charge < -0.3 is 10.2 Å². The van der Waals surface area contributed by atoms with E-state index in [9.17, 15) is 4.79 Å². The first-order valence-corrected chi connectivity index (χ1v) is 8.20. The second-order valence-electron chi connectivity index (χ2n) is 4.92. The van der Waals surface area contributed by atoms with Crippen LogP contribution in [0, 0.1) is 6.92 Å². The summed E-state index contributed by atoms with van der Waals surface area (Å²) in [4.78, 5) is 18.6. The van der Waals surface area contributed by atoms with Crippen molar-refractivity contribution in [3.63, 3.8) is 0 Å². The second-order valence-corrected chi connectivity index (χ2v) is 6.77. The lowest BCUT2D eigenvalue weighted by Crippen LogP contribution is -2.29. The third-order valence-corrected chi connectivity index (χ3v) is 4.46. The maximum atomic E-state index is 12.2. The van der Waals surface area contributed by atoms with E-state index in [1.807, 2.05) is 31.3 Å². The minimum absolute atomic E-state index is 0.128. The smallest absolute Gasteiger partial charge is 0.283 e. The van der Waals surface area contributed by atoms with Crippen LogP contribution in [0.4, 0.5) is 5.69 Å². The van der Waals surface area contributed by atoms with Crippen LogP contribution < -0.4 is 10.9 Å². The second kappa shape index (κ2) is 7.15. The zero-order valence-electron chi connectivity index (χ0n) is 12.3. The molecule has 2 aromatic rings. The van der Waals surface area contributed by atoms with E-state index in [0.717, 1.165) is 17.2 Å². The Morgan fingerprint density at radius 1 is 1.48 bits per heavy atom. The Hall–Kier alpha value is -1.25. The fraction of sp³-hybridized carbons (Fsp3) is 0.462. The van der Waals surface area contributed by atoms with Crippen LogP contribution in [0.5, 0.6) is 0 Å². The number of nitrogens with one attached hydrogen (secondary N) is 1. The summed E-state index contributed by atoms with van der Waals surface area (Å²) >= 11 is 4.96. The quantitative estimate of drug-likeness (QED) is 0.840. The molecular formula is C13H18BrN5OS. The molecule has 0 atom stereocenters. The lowest BCUT2D eigenvalue weighted by Gasteiger charge is -2.12. The van der Waals surface area contributed by atoms with Gasteiger partial charge in [0, 0.05) is 11.9 Å². The van der Waals surface area contributed by atoms with Gasteiger partial charge in [-0.25, -0.2) is 9.67 Å². The summed E-state index contributed by atoms with van der Waals surface area (Å²) in [5, 5.41) is 10.4. The highest BCUT2D eigenvalue weighted by molar-refractivity contribution is 9.10. The molecule has 2 aromatic heterocycles. The number of aryl methyl sites for hydroxylation is 1. The Morgan fingerprint density at radius 3 is 2.86 bits per heavy atom. The number of likely N-dealkylation sites (N-methyl/N-ethyl adjacent to an activating group) is 1. The van der Waals surface area contributed by atoms with Crippen LogP contribution in [0.2, 0.25) is 0 Å². The average molecular weight is 372 g/mol. The number of hydrogen-bond donors (Lipinski definition) is 1. The predicted molar refractivity (Wildman–Crippen MR) is 88.9 cm³/mol. The Bertz CT molecular complexity index is 667. The lowest BCUT2D eigenvalue weighted by atomic mass is 10.4. The van der Waals surface area contributed by atoms with E-state index in [-0.39, 0.29) is 5.56 Å². The molecule has 1 N–H and O–H groups in total. The van der Waals surface area contributed by atoms with Gasteiger partial charge in [0.2, 0.25) is 0 Å². The van der Waals surface area contributed by atoms with Crippen LogP contribution in [0.15, 0.2) is 20.8 Å². The van der Waals surface area contributed by atoms with Crippen LogP contribution in [0.1, 0.15) is 10.7 Å². The Morgan fingerprint density at radius 2 is 2.24 bits per heavy atom. The van der Waals surface area contributed by atoms with E-state index in [4.69, 9.17) is 0 Å². The molecule has 2 rings (SSSR count). The summed E-state index contributed by atoms with van der Waals surface area (Å²) in [6.07, 6.45) is 1.67. The maximum Gasteiger partial charge on any atom is 0.283 e. The third-order valence-electron chi connectivity index (χ3n) is 2.87. The number of nitrogens with zero attached hydrogens (tertiary/aromatic N) is 4. The van der Waals surface area contributed by atoms with Gasteiger partial charge >= 0.3 is 0 Å². The fourth-order valence-electron chi connectivity index (χ4n) is 1.72. The molecule has 0 aliphatic rings. The van der Waals surface area contributed by atoms with E-state index < -0.39 is 0 Å².